The summed E-state index contributed by atoms with van der Waals surface area (Å²) < 4.78 is 5.43. The zero-order valence-electron chi connectivity index (χ0n) is 13.8. The molecule has 2 aromatic rings. The van der Waals surface area contributed by atoms with Crippen LogP contribution in [0.4, 0.5) is 11.5 Å². The van der Waals surface area contributed by atoms with Gasteiger partial charge in [-0.15, -0.1) is 0 Å². The van der Waals surface area contributed by atoms with Gasteiger partial charge in [0.2, 0.25) is 5.88 Å². The summed E-state index contributed by atoms with van der Waals surface area (Å²) in [5, 5.41) is 3.26. The van der Waals surface area contributed by atoms with Crippen LogP contribution < -0.4 is 15.8 Å². The molecule has 0 spiro atoms. The summed E-state index contributed by atoms with van der Waals surface area (Å²) in [6.07, 6.45) is 4.78. The number of methoxy groups -OCH3 is 1. The molecule has 1 aliphatic carbocycles. The number of nitrogens with one attached hydrogen (secondary N) is 1. The number of aryl methyl sites for hydroxylation is 1. The molecule has 0 radical (unpaired) electrons. The lowest BCUT2D eigenvalue weighted by molar-refractivity contribution is 0.397. The average molecular weight is 314 g/mol. The lowest BCUT2D eigenvalue weighted by atomic mass is 10.1. The quantitative estimate of drug-likeness (QED) is 0.845. The van der Waals surface area contributed by atoms with Gasteiger partial charge in [-0.05, 0) is 26.2 Å². The van der Waals surface area contributed by atoms with Gasteiger partial charge in [0.1, 0.15) is 11.9 Å². The molecule has 0 aliphatic heterocycles. The molecule has 0 unspecified atom stereocenters. The van der Waals surface area contributed by atoms with E-state index in [0.29, 0.717) is 29.1 Å². The first-order chi connectivity index (χ1) is 11.2. The maximum Gasteiger partial charge on any atom is 0.227 e. The molecule has 7 heteroatoms. The number of hydrogen-bond acceptors (Lipinski definition) is 7. The van der Waals surface area contributed by atoms with E-state index in [1.165, 1.54) is 6.33 Å². The van der Waals surface area contributed by atoms with Crippen molar-refractivity contribution in [3.8, 4) is 17.3 Å². The van der Waals surface area contributed by atoms with E-state index in [0.717, 1.165) is 42.8 Å². The fraction of sp³-hybridized carbons (Fsp3) is 0.500. The van der Waals surface area contributed by atoms with Crippen molar-refractivity contribution >= 4 is 11.5 Å². The second-order valence-electron chi connectivity index (χ2n) is 5.74. The first kappa shape index (κ1) is 15.5. The zero-order valence-corrected chi connectivity index (χ0v) is 13.8. The number of anilines is 2. The molecule has 3 rings (SSSR count). The molecule has 1 fully saturated rings. The summed E-state index contributed by atoms with van der Waals surface area (Å²) in [5.74, 6) is 2.17. The molecule has 23 heavy (non-hydrogen) atoms. The maximum absolute atomic E-state index is 6.10. The Morgan fingerprint density at radius 1 is 1.30 bits per heavy atom. The highest BCUT2D eigenvalue weighted by molar-refractivity contribution is 5.72. The summed E-state index contributed by atoms with van der Waals surface area (Å²) >= 11 is 0. The van der Waals surface area contributed by atoms with Crippen LogP contribution in [0.1, 0.15) is 43.5 Å². The van der Waals surface area contributed by atoms with E-state index in [-0.39, 0.29) is 0 Å². The van der Waals surface area contributed by atoms with Crippen LogP contribution in [0.25, 0.3) is 11.4 Å². The second-order valence-corrected chi connectivity index (χ2v) is 5.74. The van der Waals surface area contributed by atoms with Gasteiger partial charge in [-0.25, -0.2) is 19.9 Å². The SMILES string of the molecule is CCCNc1nc(-c2c(OC)ncnc2C2CC2)nc(C)c1N. The van der Waals surface area contributed by atoms with Crippen LogP contribution in [0.5, 0.6) is 5.88 Å². The Labute approximate surface area is 135 Å². The molecule has 0 atom stereocenters. The van der Waals surface area contributed by atoms with Crippen LogP contribution in [0.2, 0.25) is 0 Å². The Kier molecular flexibility index (Phi) is 4.27. The van der Waals surface area contributed by atoms with Gasteiger partial charge in [0.25, 0.3) is 0 Å². The Balaban J connectivity index is 2.13. The van der Waals surface area contributed by atoms with Gasteiger partial charge in [0.15, 0.2) is 11.6 Å². The monoisotopic (exact) mass is 314 g/mol. The lowest BCUT2D eigenvalue weighted by Crippen LogP contribution is -2.10. The largest absolute Gasteiger partial charge is 0.480 e. The van der Waals surface area contributed by atoms with Crippen LogP contribution in [0, 0.1) is 6.92 Å². The number of nitrogens with zero attached hydrogens (tertiary/aromatic N) is 4. The zero-order chi connectivity index (χ0) is 16.4. The summed E-state index contributed by atoms with van der Waals surface area (Å²) in [6, 6.07) is 0. The predicted octanol–water partition coefficient (Wildman–Crippen LogP) is 2.53. The highest BCUT2D eigenvalue weighted by Crippen LogP contribution is 2.45. The number of ether oxygens (including phenoxy) is 1. The summed E-state index contributed by atoms with van der Waals surface area (Å²) in [7, 11) is 1.60. The standard InChI is InChI=1S/C16H22N6O/c1-4-7-18-15-12(17)9(2)21-14(22-15)11-13(10-5-6-10)19-8-20-16(11)23-3/h8,10H,4-7,17H2,1-3H3,(H,18,21,22). The fourth-order valence-electron chi connectivity index (χ4n) is 2.48. The number of nitrogens with two attached hydrogens (primary N) is 1. The van der Waals surface area contributed by atoms with Gasteiger partial charge >= 0.3 is 0 Å². The van der Waals surface area contributed by atoms with E-state index in [4.69, 9.17) is 10.5 Å². The van der Waals surface area contributed by atoms with E-state index in [2.05, 4.69) is 32.2 Å². The van der Waals surface area contributed by atoms with E-state index in [1.54, 1.807) is 7.11 Å². The number of hydrogen-bond donors (Lipinski definition) is 2. The van der Waals surface area contributed by atoms with Crippen molar-refractivity contribution < 1.29 is 4.74 Å². The van der Waals surface area contributed by atoms with Crippen molar-refractivity contribution in [2.24, 2.45) is 0 Å². The minimum Gasteiger partial charge on any atom is -0.480 e. The van der Waals surface area contributed by atoms with Gasteiger partial charge in [0, 0.05) is 12.5 Å². The van der Waals surface area contributed by atoms with E-state index in [1.807, 2.05) is 6.92 Å². The Morgan fingerprint density at radius 3 is 2.74 bits per heavy atom. The molecular weight excluding hydrogens is 292 g/mol. The topological polar surface area (TPSA) is 98.8 Å². The minimum absolute atomic E-state index is 0.440. The molecule has 0 saturated heterocycles. The molecule has 0 amide bonds. The Hall–Kier alpha value is -2.44. The Bertz CT molecular complexity index is 714. The van der Waals surface area contributed by atoms with Crippen molar-refractivity contribution in [2.75, 3.05) is 24.7 Å². The number of aromatic nitrogens is 4. The average Bonchev–Trinajstić information content (AvgIpc) is 3.40. The second kappa shape index (κ2) is 6.36. The molecule has 3 N–H and O–H groups in total. The third kappa shape index (κ3) is 3.04. The van der Waals surface area contributed by atoms with Crippen LogP contribution in [-0.4, -0.2) is 33.6 Å². The van der Waals surface area contributed by atoms with Crippen molar-refractivity contribution in [3.63, 3.8) is 0 Å². The molecule has 1 saturated carbocycles. The van der Waals surface area contributed by atoms with Gasteiger partial charge < -0.3 is 15.8 Å². The highest BCUT2D eigenvalue weighted by atomic mass is 16.5. The van der Waals surface area contributed by atoms with Gasteiger partial charge in [-0.1, -0.05) is 6.92 Å². The molecule has 0 bridgehead atoms. The first-order valence-electron chi connectivity index (χ1n) is 7.92. The van der Waals surface area contributed by atoms with Crippen LogP contribution >= 0.6 is 0 Å². The van der Waals surface area contributed by atoms with Crippen molar-refractivity contribution in [1.29, 1.82) is 0 Å². The van der Waals surface area contributed by atoms with Crippen molar-refractivity contribution in [1.82, 2.24) is 19.9 Å². The molecule has 0 aromatic carbocycles. The highest BCUT2D eigenvalue weighted by Gasteiger charge is 2.31. The van der Waals surface area contributed by atoms with Gasteiger partial charge in [-0.3, -0.25) is 0 Å². The van der Waals surface area contributed by atoms with E-state index < -0.39 is 0 Å². The minimum atomic E-state index is 0.440. The van der Waals surface area contributed by atoms with Gasteiger partial charge in [0.05, 0.1) is 24.2 Å². The normalized spacial score (nSPS) is 13.9. The first-order valence-corrected chi connectivity index (χ1v) is 7.92. The Morgan fingerprint density at radius 2 is 2.09 bits per heavy atom. The number of rotatable bonds is 6. The van der Waals surface area contributed by atoms with E-state index in [9.17, 15) is 0 Å². The molecular formula is C16H22N6O. The summed E-state index contributed by atoms with van der Waals surface area (Å²) in [5.41, 5.74) is 9.15. The third-order valence-electron chi connectivity index (χ3n) is 3.90. The molecule has 122 valence electrons. The van der Waals surface area contributed by atoms with Crippen LogP contribution in [0.15, 0.2) is 6.33 Å². The third-order valence-corrected chi connectivity index (χ3v) is 3.90. The molecule has 2 aromatic heterocycles. The van der Waals surface area contributed by atoms with Crippen LogP contribution in [-0.2, 0) is 0 Å². The summed E-state index contributed by atoms with van der Waals surface area (Å²) in [4.78, 5) is 17.8. The molecule has 7 nitrogen and oxygen atoms in total. The molecule has 1 aliphatic rings. The maximum atomic E-state index is 6.10. The van der Waals surface area contributed by atoms with E-state index >= 15 is 0 Å². The lowest BCUT2D eigenvalue weighted by Gasteiger charge is -2.14. The van der Waals surface area contributed by atoms with Gasteiger partial charge in [-0.2, -0.15) is 0 Å². The fourth-order valence-corrected chi connectivity index (χ4v) is 2.48. The predicted molar refractivity (Wildman–Crippen MR) is 89.5 cm³/mol. The van der Waals surface area contributed by atoms with Crippen molar-refractivity contribution in [3.05, 3.63) is 17.7 Å². The van der Waals surface area contributed by atoms with Crippen molar-refractivity contribution in [2.45, 2.75) is 39.0 Å². The molecule has 2 heterocycles. The summed E-state index contributed by atoms with van der Waals surface area (Å²) in [6.45, 7) is 4.78. The van der Waals surface area contributed by atoms with Crippen LogP contribution in [0.3, 0.4) is 0 Å². The smallest absolute Gasteiger partial charge is 0.227 e. The number of nitrogen functional groups attached to an aromatic ring is 1.